The van der Waals surface area contributed by atoms with Crippen molar-refractivity contribution in [2.24, 2.45) is 0 Å². The molecule has 1 saturated heterocycles. The minimum atomic E-state index is 0.157. The van der Waals surface area contributed by atoms with Crippen LogP contribution in [0.15, 0.2) is 54.6 Å². The zero-order chi connectivity index (χ0) is 22.8. The average Bonchev–Trinajstić information content (AvgIpc) is 3.23. The highest BCUT2D eigenvalue weighted by atomic mass is 15.2. The highest BCUT2D eigenvalue weighted by molar-refractivity contribution is 5.85. The van der Waals surface area contributed by atoms with Crippen molar-refractivity contribution in [2.75, 3.05) is 53.9 Å². The fraction of sp³-hybridized carbons (Fsp3) is 0.517. The van der Waals surface area contributed by atoms with Gasteiger partial charge in [-0.1, -0.05) is 48.5 Å². The molecule has 2 heterocycles. The number of hydrogen-bond donors (Lipinski definition) is 1. The van der Waals surface area contributed by atoms with Gasteiger partial charge in [0, 0.05) is 54.9 Å². The van der Waals surface area contributed by atoms with Crippen molar-refractivity contribution in [1.29, 1.82) is 0 Å². The quantitative estimate of drug-likeness (QED) is 0.575. The van der Waals surface area contributed by atoms with Gasteiger partial charge in [-0.15, -0.1) is 0 Å². The summed E-state index contributed by atoms with van der Waals surface area (Å²) in [5.41, 5.74) is 6.04. The first-order valence-corrected chi connectivity index (χ1v) is 12.8. The summed E-state index contributed by atoms with van der Waals surface area (Å²) in [4.78, 5) is 11.5. The second-order valence-corrected chi connectivity index (χ2v) is 10.5. The van der Waals surface area contributed by atoms with Crippen LogP contribution in [-0.2, 0) is 12.0 Å². The van der Waals surface area contributed by atoms with Crippen LogP contribution in [0.2, 0.25) is 0 Å². The maximum absolute atomic E-state index is 3.88. The number of fused-ring (bicyclic) bond motifs is 1. The van der Waals surface area contributed by atoms with Crippen LogP contribution < -0.4 is 0 Å². The lowest BCUT2D eigenvalue weighted by atomic mass is 9.70. The molecular weight excluding hydrogens is 404 g/mol. The van der Waals surface area contributed by atoms with Crippen molar-refractivity contribution in [2.45, 2.75) is 43.6 Å². The molecule has 1 aliphatic heterocycles. The van der Waals surface area contributed by atoms with Crippen molar-refractivity contribution >= 4 is 10.9 Å². The van der Waals surface area contributed by atoms with Gasteiger partial charge in [0.05, 0.1) is 0 Å². The Morgan fingerprint density at radius 2 is 1.58 bits per heavy atom. The lowest BCUT2D eigenvalue weighted by Crippen LogP contribution is -2.45. The van der Waals surface area contributed by atoms with Crippen LogP contribution in [0.25, 0.3) is 10.9 Å². The Balaban J connectivity index is 1.37. The summed E-state index contributed by atoms with van der Waals surface area (Å²) in [6, 6.07) is 20.1. The van der Waals surface area contributed by atoms with E-state index in [1.807, 2.05) is 0 Å². The van der Waals surface area contributed by atoms with Crippen molar-refractivity contribution in [3.05, 3.63) is 71.4 Å². The number of piperazine rings is 1. The van der Waals surface area contributed by atoms with E-state index in [9.17, 15) is 0 Å². The molecule has 2 fully saturated rings. The SMILES string of the molecule is CN1CCN(CCc2c(C3CCC(c4ccccc4)(N(C)C)CC3)[nH]c3ccccc23)CC1. The maximum Gasteiger partial charge on any atom is 0.0459 e. The first kappa shape index (κ1) is 22.6. The first-order valence-electron chi connectivity index (χ1n) is 12.8. The molecule has 3 aromatic rings. The van der Waals surface area contributed by atoms with Crippen LogP contribution in [0.5, 0.6) is 0 Å². The van der Waals surface area contributed by atoms with Crippen molar-refractivity contribution in [3.63, 3.8) is 0 Å². The molecule has 2 aliphatic rings. The van der Waals surface area contributed by atoms with E-state index >= 15 is 0 Å². The molecule has 1 saturated carbocycles. The van der Waals surface area contributed by atoms with Gasteiger partial charge in [0.2, 0.25) is 0 Å². The van der Waals surface area contributed by atoms with Crippen LogP contribution in [0, 0.1) is 0 Å². The Bertz CT molecular complexity index is 1040. The lowest BCUT2D eigenvalue weighted by molar-refractivity contribution is 0.0903. The summed E-state index contributed by atoms with van der Waals surface area (Å²) in [6.07, 6.45) is 6.05. The molecule has 1 aliphatic carbocycles. The van der Waals surface area contributed by atoms with E-state index in [2.05, 4.69) is 95.4 Å². The third-order valence-corrected chi connectivity index (χ3v) is 8.51. The third-order valence-electron chi connectivity index (χ3n) is 8.51. The molecule has 0 bridgehead atoms. The van der Waals surface area contributed by atoms with E-state index in [-0.39, 0.29) is 5.54 Å². The largest absolute Gasteiger partial charge is 0.358 e. The Morgan fingerprint density at radius 1 is 0.909 bits per heavy atom. The molecular formula is C29H40N4. The van der Waals surface area contributed by atoms with Crippen LogP contribution in [-0.4, -0.2) is 73.6 Å². The molecule has 2 aromatic carbocycles. The molecule has 0 spiro atoms. The summed E-state index contributed by atoms with van der Waals surface area (Å²) in [5.74, 6) is 0.622. The fourth-order valence-corrected chi connectivity index (χ4v) is 6.31. The third kappa shape index (κ3) is 4.49. The number of hydrogen-bond acceptors (Lipinski definition) is 3. The Kier molecular flexibility index (Phi) is 6.60. The van der Waals surface area contributed by atoms with Gasteiger partial charge in [-0.3, -0.25) is 4.90 Å². The second-order valence-electron chi connectivity index (χ2n) is 10.5. The van der Waals surface area contributed by atoms with Crippen molar-refractivity contribution in [3.8, 4) is 0 Å². The Hall–Kier alpha value is -2.14. The highest BCUT2D eigenvalue weighted by Crippen LogP contribution is 2.47. The predicted octanol–water partition coefficient (Wildman–Crippen LogP) is 5.07. The Morgan fingerprint density at radius 3 is 2.27 bits per heavy atom. The molecule has 33 heavy (non-hydrogen) atoms. The number of benzene rings is 2. The van der Waals surface area contributed by atoms with Gasteiger partial charge in [-0.2, -0.15) is 0 Å². The van der Waals surface area contributed by atoms with E-state index in [1.54, 1.807) is 5.56 Å². The summed E-state index contributed by atoms with van der Waals surface area (Å²) in [5, 5.41) is 1.44. The van der Waals surface area contributed by atoms with E-state index in [0.717, 1.165) is 6.42 Å². The normalized spacial score (nSPS) is 25.2. The number of nitrogens with one attached hydrogen (secondary N) is 1. The van der Waals surface area contributed by atoms with Gasteiger partial charge < -0.3 is 14.8 Å². The number of rotatable bonds is 6. The average molecular weight is 445 g/mol. The zero-order valence-corrected chi connectivity index (χ0v) is 20.7. The zero-order valence-electron chi connectivity index (χ0n) is 20.7. The van der Waals surface area contributed by atoms with Gasteiger partial charge in [0.15, 0.2) is 0 Å². The predicted molar refractivity (Wildman–Crippen MR) is 139 cm³/mol. The summed E-state index contributed by atoms with van der Waals surface area (Å²) < 4.78 is 0. The second kappa shape index (κ2) is 9.61. The number of nitrogens with zero attached hydrogens (tertiary/aromatic N) is 3. The number of H-pyrrole nitrogens is 1. The van der Waals surface area contributed by atoms with Crippen molar-refractivity contribution in [1.82, 2.24) is 19.7 Å². The summed E-state index contributed by atoms with van der Waals surface area (Å²) >= 11 is 0. The molecule has 0 atom stereocenters. The van der Waals surface area contributed by atoms with Gasteiger partial charge in [-0.25, -0.2) is 0 Å². The summed E-state index contributed by atoms with van der Waals surface area (Å²) in [7, 11) is 6.76. The smallest absolute Gasteiger partial charge is 0.0459 e. The highest BCUT2D eigenvalue weighted by Gasteiger charge is 2.39. The molecule has 5 rings (SSSR count). The van der Waals surface area contributed by atoms with Crippen LogP contribution in [0.1, 0.15) is 48.4 Å². The number of likely N-dealkylation sites (N-methyl/N-ethyl adjacent to an activating group) is 1. The first-order chi connectivity index (χ1) is 16.1. The molecule has 0 radical (unpaired) electrons. The van der Waals surface area contributed by atoms with Gasteiger partial charge in [0.25, 0.3) is 0 Å². The monoisotopic (exact) mass is 444 g/mol. The van der Waals surface area contributed by atoms with Gasteiger partial charge >= 0.3 is 0 Å². The van der Waals surface area contributed by atoms with E-state index in [0.29, 0.717) is 5.92 Å². The molecule has 0 amide bonds. The minimum Gasteiger partial charge on any atom is -0.358 e. The Labute approximate surface area is 199 Å². The molecule has 1 aromatic heterocycles. The standard InChI is InChI=1S/C29H40N4/c1-31(2)29(24-9-5-4-6-10-24)16-13-23(14-17-29)28-26(25-11-7-8-12-27(25)30-28)15-18-33-21-19-32(3)20-22-33/h4-12,23,30H,13-22H2,1-3H3. The summed E-state index contributed by atoms with van der Waals surface area (Å²) in [6.45, 7) is 5.94. The molecule has 176 valence electrons. The van der Waals surface area contributed by atoms with E-state index in [4.69, 9.17) is 0 Å². The van der Waals surface area contributed by atoms with Crippen LogP contribution >= 0.6 is 0 Å². The van der Waals surface area contributed by atoms with E-state index in [1.165, 1.54) is 80.6 Å². The molecule has 0 unspecified atom stereocenters. The number of aromatic nitrogens is 1. The van der Waals surface area contributed by atoms with E-state index < -0.39 is 0 Å². The fourth-order valence-electron chi connectivity index (χ4n) is 6.31. The minimum absolute atomic E-state index is 0.157. The molecule has 4 heteroatoms. The number of aromatic amines is 1. The molecule has 4 nitrogen and oxygen atoms in total. The van der Waals surface area contributed by atoms with Crippen LogP contribution in [0.4, 0.5) is 0 Å². The van der Waals surface area contributed by atoms with Crippen molar-refractivity contribution < 1.29 is 0 Å². The molecule has 1 N–H and O–H groups in total. The van der Waals surface area contributed by atoms with Gasteiger partial charge in [0.1, 0.15) is 0 Å². The number of para-hydroxylation sites is 1. The topological polar surface area (TPSA) is 25.5 Å². The maximum atomic E-state index is 3.88. The van der Waals surface area contributed by atoms with Crippen LogP contribution in [0.3, 0.4) is 0 Å². The van der Waals surface area contributed by atoms with Gasteiger partial charge in [-0.05, 0) is 76.4 Å². The lowest BCUT2D eigenvalue weighted by Gasteiger charge is -2.45.